The molecule has 1 aromatic rings. The van der Waals surface area contributed by atoms with Crippen molar-refractivity contribution in [2.24, 2.45) is 0 Å². The van der Waals surface area contributed by atoms with Crippen LogP contribution in [-0.2, 0) is 4.79 Å². The van der Waals surface area contributed by atoms with Crippen molar-refractivity contribution in [1.82, 2.24) is 5.32 Å². The molecule has 1 aromatic carbocycles. The first-order valence-corrected chi connectivity index (χ1v) is 5.83. The van der Waals surface area contributed by atoms with E-state index in [0.717, 1.165) is 11.3 Å². The standard InChI is InChI=1S/C13H18N2O3/c1-4-15(11-7-5-9(2)6-8-11)13(18)14-10(3)12(16)17/h5-8,10H,4H2,1-3H3,(H,14,18)(H,16,17)/t10-/m0/s1. The number of urea groups is 1. The average Bonchev–Trinajstić information content (AvgIpc) is 2.32. The van der Waals surface area contributed by atoms with Gasteiger partial charge in [0, 0.05) is 12.2 Å². The summed E-state index contributed by atoms with van der Waals surface area (Å²) in [5, 5.41) is 11.2. The summed E-state index contributed by atoms with van der Waals surface area (Å²) in [4.78, 5) is 24.1. The van der Waals surface area contributed by atoms with Crippen LogP contribution in [0.1, 0.15) is 19.4 Å². The highest BCUT2D eigenvalue weighted by Gasteiger charge is 2.19. The minimum atomic E-state index is -1.05. The van der Waals surface area contributed by atoms with Crippen molar-refractivity contribution in [2.75, 3.05) is 11.4 Å². The molecule has 98 valence electrons. The van der Waals surface area contributed by atoms with Gasteiger partial charge in [0.05, 0.1) is 0 Å². The van der Waals surface area contributed by atoms with Crippen molar-refractivity contribution in [1.29, 1.82) is 0 Å². The molecular formula is C13H18N2O3. The minimum absolute atomic E-state index is 0.406. The van der Waals surface area contributed by atoms with Gasteiger partial charge < -0.3 is 10.4 Å². The molecule has 0 bridgehead atoms. The molecule has 0 heterocycles. The highest BCUT2D eigenvalue weighted by atomic mass is 16.4. The van der Waals surface area contributed by atoms with Crippen LogP contribution < -0.4 is 10.2 Å². The van der Waals surface area contributed by atoms with Crippen LogP contribution in [0.15, 0.2) is 24.3 Å². The van der Waals surface area contributed by atoms with Crippen molar-refractivity contribution in [3.63, 3.8) is 0 Å². The second-order valence-electron chi connectivity index (χ2n) is 4.09. The van der Waals surface area contributed by atoms with Crippen LogP contribution in [0.3, 0.4) is 0 Å². The molecule has 0 unspecified atom stereocenters. The minimum Gasteiger partial charge on any atom is -0.480 e. The number of anilines is 1. The topological polar surface area (TPSA) is 69.6 Å². The maximum atomic E-state index is 11.9. The smallest absolute Gasteiger partial charge is 0.325 e. The largest absolute Gasteiger partial charge is 0.480 e. The Hall–Kier alpha value is -2.04. The molecule has 0 saturated carbocycles. The second kappa shape index (κ2) is 6.05. The Bertz CT molecular complexity index is 428. The number of carbonyl (C=O) groups is 2. The molecule has 5 nitrogen and oxygen atoms in total. The number of hydrogen-bond donors (Lipinski definition) is 2. The fourth-order valence-electron chi connectivity index (χ4n) is 1.49. The molecule has 1 rings (SSSR count). The van der Waals surface area contributed by atoms with E-state index in [1.54, 1.807) is 0 Å². The molecule has 2 N–H and O–H groups in total. The van der Waals surface area contributed by atoms with E-state index in [2.05, 4.69) is 5.32 Å². The molecule has 5 heteroatoms. The molecule has 0 radical (unpaired) electrons. The number of rotatable bonds is 4. The van der Waals surface area contributed by atoms with Gasteiger partial charge >= 0.3 is 12.0 Å². The molecule has 1 atom stereocenters. The summed E-state index contributed by atoms with van der Waals surface area (Å²) in [6, 6.07) is 6.18. The molecule has 2 amide bonds. The van der Waals surface area contributed by atoms with Gasteiger partial charge in [0.1, 0.15) is 6.04 Å². The first kappa shape index (κ1) is 14.0. The van der Waals surface area contributed by atoms with E-state index in [-0.39, 0.29) is 0 Å². The number of nitrogens with one attached hydrogen (secondary N) is 1. The fourth-order valence-corrected chi connectivity index (χ4v) is 1.49. The van der Waals surface area contributed by atoms with Crippen LogP contribution >= 0.6 is 0 Å². The number of carboxylic acids is 1. The Labute approximate surface area is 106 Å². The van der Waals surface area contributed by atoms with Gasteiger partial charge in [-0.05, 0) is 32.9 Å². The zero-order valence-corrected chi connectivity index (χ0v) is 10.8. The SMILES string of the molecule is CCN(C(=O)N[C@@H](C)C(=O)O)c1ccc(C)cc1. The van der Waals surface area contributed by atoms with Gasteiger partial charge in [-0.2, -0.15) is 0 Å². The number of aryl methyl sites for hydroxylation is 1. The first-order chi connectivity index (χ1) is 8.45. The van der Waals surface area contributed by atoms with Crippen LogP contribution in [0.2, 0.25) is 0 Å². The molecular weight excluding hydrogens is 232 g/mol. The van der Waals surface area contributed by atoms with Crippen molar-refractivity contribution < 1.29 is 14.7 Å². The van der Waals surface area contributed by atoms with E-state index in [1.807, 2.05) is 38.1 Å². The van der Waals surface area contributed by atoms with E-state index in [9.17, 15) is 9.59 Å². The van der Waals surface area contributed by atoms with Gasteiger partial charge in [0.2, 0.25) is 0 Å². The monoisotopic (exact) mass is 250 g/mol. The quantitative estimate of drug-likeness (QED) is 0.858. The number of hydrogen-bond acceptors (Lipinski definition) is 2. The van der Waals surface area contributed by atoms with Gasteiger partial charge in [-0.25, -0.2) is 4.79 Å². The Morgan fingerprint density at radius 3 is 2.33 bits per heavy atom. The lowest BCUT2D eigenvalue weighted by molar-refractivity contribution is -0.138. The summed E-state index contributed by atoms with van der Waals surface area (Å²) in [6.07, 6.45) is 0. The molecule has 0 fully saturated rings. The molecule has 0 aliphatic carbocycles. The van der Waals surface area contributed by atoms with Gasteiger partial charge in [0.25, 0.3) is 0 Å². The Morgan fingerprint density at radius 2 is 1.89 bits per heavy atom. The van der Waals surface area contributed by atoms with Crippen molar-refractivity contribution in [3.8, 4) is 0 Å². The predicted molar refractivity (Wildman–Crippen MR) is 69.8 cm³/mol. The zero-order valence-electron chi connectivity index (χ0n) is 10.8. The van der Waals surface area contributed by atoms with E-state index >= 15 is 0 Å². The van der Waals surface area contributed by atoms with E-state index in [4.69, 9.17) is 5.11 Å². The van der Waals surface area contributed by atoms with Gasteiger partial charge in [-0.1, -0.05) is 17.7 Å². The molecule has 0 saturated heterocycles. The van der Waals surface area contributed by atoms with Crippen molar-refractivity contribution in [3.05, 3.63) is 29.8 Å². The van der Waals surface area contributed by atoms with Crippen LogP contribution in [-0.4, -0.2) is 29.7 Å². The Morgan fingerprint density at radius 1 is 1.33 bits per heavy atom. The average molecular weight is 250 g/mol. The third kappa shape index (κ3) is 3.48. The lowest BCUT2D eigenvalue weighted by atomic mass is 10.2. The number of carbonyl (C=O) groups excluding carboxylic acids is 1. The number of carboxylic acid groups (broad SMARTS) is 1. The number of benzene rings is 1. The fraction of sp³-hybridized carbons (Fsp3) is 0.385. The van der Waals surface area contributed by atoms with E-state index in [1.165, 1.54) is 11.8 Å². The predicted octanol–water partition coefficient (Wildman–Crippen LogP) is 2.00. The Balaban J connectivity index is 2.80. The van der Waals surface area contributed by atoms with Gasteiger partial charge in [0.15, 0.2) is 0 Å². The number of amides is 2. The molecule has 0 aliphatic heterocycles. The number of nitrogens with zero attached hydrogens (tertiary/aromatic N) is 1. The normalized spacial score (nSPS) is 11.7. The Kier molecular flexibility index (Phi) is 4.71. The summed E-state index contributed by atoms with van der Waals surface area (Å²) in [5.74, 6) is -1.05. The highest BCUT2D eigenvalue weighted by molar-refractivity contribution is 5.94. The van der Waals surface area contributed by atoms with Crippen LogP contribution in [0.25, 0.3) is 0 Å². The summed E-state index contributed by atoms with van der Waals surface area (Å²) in [7, 11) is 0. The summed E-state index contributed by atoms with van der Waals surface area (Å²) >= 11 is 0. The zero-order chi connectivity index (χ0) is 13.7. The van der Waals surface area contributed by atoms with E-state index < -0.39 is 18.0 Å². The number of aliphatic carboxylic acids is 1. The maximum absolute atomic E-state index is 11.9. The third-order valence-electron chi connectivity index (χ3n) is 2.62. The molecule has 0 spiro atoms. The van der Waals surface area contributed by atoms with Crippen LogP contribution in [0.4, 0.5) is 10.5 Å². The molecule has 18 heavy (non-hydrogen) atoms. The summed E-state index contributed by atoms with van der Waals surface area (Å²) < 4.78 is 0. The van der Waals surface area contributed by atoms with Gasteiger partial charge in [-0.3, -0.25) is 9.69 Å². The van der Waals surface area contributed by atoms with Crippen LogP contribution in [0, 0.1) is 6.92 Å². The lowest BCUT2D eigenvalue weighted by Gasteiger charge is -2.23. The van der Waals surface area contributed by atoms with E-state index in [0.29, 0.717) is 6.54 Å². The summed E-state index contributed by atoms with van der Waals surface area (Å²) in [5.41, 5.74) is 1.85. The maximum Gasteiger partial charge on any atom is 0.325 e. The summed E-state index contributed by atoms with van der Waals surface area (Å²) in [6.45, 7) is 5.71. The van der Waals surface area contributed by atoms with Crippen LogP contribution in [0.5, 0.6) is 0 Å². The lowest BCUT2D eigenvalue weighted by Crippen LogP contribution is -2.46. The molecule has 0 aliphatic rings. The third-order valence-corrected chi connectivity index (χ3v) is 2.62. The van der Waals surface area contributed by atoms with Crippen molar-refractivity contribution in [2.45, 2.75) is 26.8 Å². The van der Waals surface area contributed by atoms with Crippen molar-refractivity contribution >= 4 is 17.7 Å². The molecule has 0 aromatic heterocycles. The van der Waals surface area contributed by atoms with Gasteiger partial charge in [-0.15, -0.1) is 0 Å². The first-order valence-electron chi connectivity index (χ1n) is 5.83. The highest BCUT2D eigenvalue weighted by Crippen LogP contribution is 2.15. The second-order valence-corrected chi connectivity index (χ2v) is 4.09.